The number of ether oxygens (including phenoxy) is 2. The number of benzene rings is 2. The molecule has 3 heterocycles. The Balaban J connectivity index is 1.69. The van der Waals surface area contributed by atoms with Gasteiger partial charge in [-0.1, -0.05) is 50.2 Å². The first kappa shape index (κ1) is 32.6. The molecule has 0 bridgehead atoms. The minimum Gasteiger partial charge on any atom is -0.493 e. The molecule has 0 N–H and O–H groups in total. The highest BCUT2D eigenvalue weighted by Gasteiger charge is 2.28. The first-order chi connectivity index (χ1) is 22.2. The number of carbonyl (C=O) groups is 1. The summed E-state index contributed by atoms with van der Waals surface area (Å²) >= 11 is 0. The molecular formula is C36H38F2N4O4. The molecule has 0 spiro atoms. The van der Waals surface area contributed by atoms with Gasteiger partial charge in [0.05, 0.1) is 25.5 Å². The van der Waals surface area contributed by atoms with Crippen LogP contribution in [0.2, 0.25) is 0 Å². The highest BCUT2D eigenvalue weighted by atomic mass is 19.1. The van der Waals surface area contributed by atoms with Gasteiger partial charge >= 0.3 is 5.97 Å². The van der Waals surface area contributed by atoms with Crippen LogP contribution in [0.15, 0.2) is 83.9 Å². The number of likely N-dealkylation sites (N-methyl/N-ethyl adjacent to an activating group) is 1. The Morgan fingerprint density at radius 2 is 1.76 bits per heavy atom. The summed E-state index contributed by atoms with van der Waals surface area (Å²) in [5.74, 6) is -1.02. The van der Waals surface area contributed by atoms with Crippen molar-refractivity contribution in [3.05, 3.63) is 124 Å². The van der Waals surface area contributed by atoms with Crippen LogP contribution in [-0.2, 0) is 24.2 Å². The Kier molecular flexibility index (Phi) is 10.3. The fraction of sp³-hybridized carbons (Fsp3) is 0.306. The van der Waals surface area contributed by atoms with Crippen LogP contribution in [0.3, 0.4) is 0 Å². The lowest BCUT2D eigenvalue weighted by Gasteiger charge is -2.18. The van der Waals surface area contributed by atoms with Crippen molar-refractivity contribution in [1.82, 2.24) is 18.9 Å². The SMILES string of the molecule is CCOC(=O)c1cn(Cc2ccccc2F)c2c(F)c(-c3ccc(OCC(C)C)cc3)c(CN(C)CCc3ccccn3)n2c1=O. The number of fused-ring (bicyclic) bond motifs is 1. The van der Waals surface area contributed by atoms with Gasteiger partial charge in [0.15, 0.2) is 11.5 Å². The molecular weight excluding hydrogens is 590 g/mol. The van der Waals surface area contributed by atoms with Gasteiger partial charge in [-0.3, -0.25) is 14.2 Å². The van der Waals surface area contributed by atoms with Crippen LogP contribution < -0.4 is 10.3 Å². The lowest BCUT2D eigenvalue weighted by atomic mass is 10.0. The Labute approximate surface area is 266 Å². The van der Waals surface area contributed by atoms with E-state index in [2.05, 4.69) is 18.8 Å². The molecule has 8 nitrogen and oxygen atoms in total. The third-order valence-electron chi connectivity index (χ3n) is 7.59. The van der Waals surface area contributed by atoms with Gasteiger partial charge in [0.25, 0.3) is 5.56 Å². The van der Waals surface area contributed by atoms with Crippen molar-refractivity contribution in [2.45, 2.75) is 40.3 Å². The largest absolute Gasteiger partial charge is 0.493 e. The van der Waals surface area contributed by atoms with Crippen molar-refractivity contribution in [2.24, 2.45) is 5.92 Å². The second kappa shape index (κ2) is 14.5. The summed E-state index contributed by atoms with van der Waals surface area (Å²) < 4.78 is 45.4. The van der Waals surface area contributed by atoms with E-state index in [4.69, 9.17) is 9.47 Å². The number of hydrogen-bond donors (Lipinski definition) is 0. The highest BCUT2D eigenvalue weighted by Crippen LogP contribution is 2.34. The van der Waals surface area contributed by atoms with Crippen LogP contribution in [0.1, 0.15) is 48.1 Å². The Hall–Kier alpha value is -4.83. The van der Waals surface area contributed by atoms with Crippen LogP contribution in [0.5, 0.6) is 5.75 Å². The van der Waals surface area contributed by atoms with Crippen LogP contribution >= 0.6 is 0 Å². The van der Waals surface area contributed by atoms with Crippen molar-refractivity contribution in [1.29, 1.82) is 0 Å². The van der Waals surface area contributed by atoms with Crippen molar-refractivity contribution in [3.8, 4) is 16.9 Å². The molecule has 0 unspecified atom stereocenters. The smallest absolute Gasteiger partial charge is 0.345 e. The van der Waals surface area contributed by atoms with Crippen molar-refractivity contribution in [3.63, 3.8) is 0 Å². The highest BCUT2D eigenvalue weighted by molar-refractivity contribution is 5.89. The molecule has 0 radical (unpaired) electrons. The van der Waals surface area contributed by atoms with Gasteiger partial charge in [-0.15, -0.1) is 0 Å². The zero-order valence-corrected chi connectivity index (χ0v) is 26.5. The topological polar surface area (TPSA) is 78.1 Å². The molecule has 0 amide bonds. The van der Waals surface area contributed by atoms with Gasteiger partial charge in [-0.2, -0.15) is 0 Å². The molecule has 240 valence electrons. The van der Waals surface area contributed by atoms with Crippen LogP contribution in [0.25, 0.3) is 16.8 Å². The Morgan fingerprint density at radius 1 is 1.02 bits per heavy atom. The predicted molar refractivity (Wildman–Crippen MR) is 173 cm³/mol. The minimum absolute atomic E-state index is 0.0449. The Bertz CT molecular complexity index is 1870. The summed E-state index contributed by atoms with van der Waals surface area (Å²) in [5.41, 5.74) is 1.19. The monoisotopic (exact) mass is 628 g/mol. The van der Waals surface area contributed by atoms with Crippen LogP contribution in [0.4, 0.5) is 8.78 Å². The maximum atomic E-state index is 16.9. The number of aromatic nitrogens is 3. The molecule has 0 fully saturated rings. The van der Waals surface area contributed by atoms with E-state index in [1.807, 2.05) is 30.1 Å². The quantitative estimate of drug-likeness (QED) is 0.141. The van der Waals surface area contributed by atoms with E-state index in [9.17, 15) is 14.0 Å². The van der Waals surface area contributed by atoms with Gasteiger partial charge in [0.2, 0.25) is 0 Å². The molecule has 46 heavy (non-hydrogen) atoms. The van der Waals surface area contributed by atoms with E-state index < -0.39 is 23.2 Å². The second-order valence-electron chi connectivity index (χ2n) is 11.6. The molecule has 0 aliphatic rings. The van der Waals surface area contributed by atoms with Crippen molar-refractivity contribution in [2.75, 3.05) is 26.8 Å². The molecule has 0 aliphatic carbocycles. The van der Waals surface area contributed by atoms with E-state index in [0.29, 0.717) is 42.5 Å². The second-order valence-corrected chi connectivity index (χ2v) is 11.6. The van der Waals surface area contributed by atoms with Crippen LogP contribution in [0, 0.1) is 17.6 Å². The summed E-state index contributed by atoms with van der Waals surface area (Å²) in [6.45, 7) is 6.92. The van der Waals surface area contributed by atoms with Crippen molar-refractivity contribution >= 4 is 11.6 Å². The third-order valence-corrected chi connectivity index (χ3v) is 7.59. The molecule has 2 aromatic carbocycles. The lowest BCUT2D eigenvalue weighted by Crippen LogP contribution is -2.30. The number of nitrogens with zero attached hydrogens (tertiary/aromatic N) is 4. The summed E-state index contributed by atoms with van der Waals surface area (Å²) in [5, 5.41) is 0. The van der Waals surface area contributed by atoms with E-state index in [0.717, 1.165) is 5.69 Å². The summed E-state index contributed by atoms with van der Waals surface area (Å²) in [6.07, 6.45) is 3.62. The number of rotatable bonds is 13. The molecule has 0 aliphatic heterocycles. The van der Waals surface area contributed by atoms with E-state index >= 15 is 4.39 Å². The standard InChI is InChI=1S/C36H38F2N4O4/c1-5-45-36(44)29-21-41(20-26-10-6-7-12-30(26)37)34-33(38)32(25-13-15-28(16-14-25)46-23-24(2)3)31(42(34)35(29)43)22-40(4)19-17-27-11-8-9-18-39-27/h6-16,18,21,24H,5,17,19-20,22-23H2,1-4H3. The van der Waals surface area contributed by atoms with Gasteiger partial charge in [0, 0.05) is 48.7 Å². The first-order valence-corrected chi connectivity index (χ1v) is 15.4. The van der Waals surface area contributed by atoms with E-state index in [-0.39, 0.29) is 42.0 Å². The maximum Gasteiger partial charge on any atom is 0.345 e. The van der Waals surface area contributed by atoms with Gasteiger partial charge in [0.1, 0.15) is 17.1 Å². The number of hydrogen-bond acceptors (Lipinski definition) is 6. The number of esters is 1. The van der Waals surface area contributed by atoms with Gasteiger partial charge in [-0.25, -0.2) is 13.6 Å². The number of carbonyl (C=O) groups excluding carboxylic acids is 1. The fourth-order valence-corrected chi connectivity index (χ4v) is 5.33. The Morgan fingerprint density at radius 3 is 2.43 bits per heavy atom. The fourth-order valence-electron chi connectivity index (χ4n) is 5.33. The van der Waals surface area contributed by atoms with E-state index in [1.165, 1.54) is 21.2 Å². The maximum absolute atomic E-state index is 16.9. The van der Waals surface area contributed by atoms with Crippen LogP contribution in [-0.4, -0.2) is 51.6 Å². The summed E-state index contributed by atoms with van der Waals surface area (Å²) in [4.78, 5) is 33.5. The zero-order chi connectivity index (χ0) is 32.8. The van der Waals surface area contributed by atoms with Crippen molar-refractivity contribution < 1.29 is 23.0 Å². The summed E-state index contributed by atoms with van der Waals surface area (Å²) in [6, 6.07) is 18.9. The normalized spacial score (nSPS) is 11.5. The average molecular weight is 629 g/mol. The van der Waals surface area contributed by atoms with Gasteiger partial charge < -0.3 is 18.9 Å². The van der Waals surface area contributed by atoms with E-state index in [1.54, 1.807) is 55.6 Å². The molecule has 0 atom stereocenters. The molecule has 3 aromatic heterocycles. The average Bonchev–Trinajstić information content (AvgIpc) is 3.34. The summed E-state index contributed by atoms with van der Waals surface area (Å²) in [7, 11) is 1.87. The third kappa shape index (κ3) is 7.18. The number of pyridine rings is 1. The zero-order valence-electron chi connectivity index (χ0n) is 26.5. The van der Waals surface area contributed by atoms with Gasteiger partial charge in [-0.05, 0) is 55.8 Å². The molecule has 5 aromatic rings. The molecule has 0 saturated carbocycles. The molecule has 10 heteroatoms. The lowest BCUT2D eigenvalue weighted by molar-refractivity contribution is 0.0523. The number of halogens is 2. The first-order valence-electron chi connectivity index (χ1n) is 15.4. The minimum atomic E-state index is -0.839. The molecule has 5 rings (SSSR count). The molecule has 0 saturated heterocycles. The predicted octanol–water partition coefficient (Wildman–Crippen LogP) is 6.38.